The molecule has 1 aliphatic rings. The summed E-state index contributed by atoms with van der Waals surface area (Å²) in [6.45, 7) is 3.42. The number of benzene rings is 1. The van der Waals surface area contributed by atoms with Crippen LogP contribution in [0.15, 0.2) is 18.2 Å². The number of amides is 1. The highest BCUT2D eigenvalue weighted by Gasteiger charge is 2.13. The van der Waals surface area contributed by atoms with Crippen LogP contribution in [0, 0.1) is 5.82 Å². The largest absolute Gasteiger partial charge is 0.399 e. The summed E-state index contributed by atoms with van der Waals surface area (Å²) in [4.78, 5) is 14.1. The summed E-state index contributed by atoms with van der Waals surface area (Å²) in [7, 11) is 0. The molecule has 2 rings (SSSR count). The van der Waals surface area contributed by atoms with Gasteiger partial charge in [0.1, 0.15) is 5.82 Å². The number of thioether (sulfide) groups is 1. The number of halogens is 1. The second-order valence-corrected chi connectivity index (χ2v) is 5.67. The molecule has 0 bridgehead atoms. The maximum atomic E-state index is 13.5. The van der Waals surface area contributed by atoms with Gasteiger partial charge in [0.05, 0.1) is 5.56 Å². The van der Waals surface area contributed by atoms with E-state index >= 15 is 0 Å². The summed E-state index contributed by atoms with van der Waals surface area (Å²) in [6.07, 6.45) is 0. The Morgan fingerprint density at radius 3 is 2.89 bits per heavy atom. The molecule has 0 radical (unpaired) electrons. The average Bonchev–Trinajstić information content (AvgIpc) is 2.42. The van der Waals surface area contributed by atoms with Gasteiger partial charge in [0.25, 0.3) is 5.91 Å². The van der Waals surface area contributed by atoms with Crippen molar-refractivity contribution in [2.24, 2.45) is 0 Å². The van der Waals surface area contributed by atoms with E-state index in [4.69, 9.17) is 5.73 Å². The van der Waals surface area contributed by atoms with Crippen LogP contribution in [-0.4, -0.2) is 48.5 Å². The van der Waals surface area contributed by atoms with Crippen LogP contribution in [0.1, 0.15) is 10.4 Å². The summed E-state index contributed by atoms with van der Waals surface area (Å²) in [5.41, 5.74) is 5.95. The highest BCUT2D eigenvalue weighted by molar-refractivity contribution is 7.99. The molecule has 0 atom stereocenters. The first-order valence-electron chi connectivity index (χ1n) is 6.30. The number of nitrogen functional groups attached to an aromatic ring is 1. The fourth-order valence-corrected chi connectivity index (χ4v) is 2.94. The lowest BCUT2D eigenvalue weighted by Crippen LogP contribution is -2.39. The van der Waals surface area contributed by atoms with Crippen molar-refractivity contribution in [3.63, 3.8) is 0 Å². The van der Waals surface area contributed by atoms with Crippen LogP contribution in [-0.2, 0) is 0 Å². The van der Waals surface area contributed by atoms with Crippen molar-refractivity contribution in [2.45, 2.75) is 0 Å². The third kappa shape index (κ3) is 4.11. The Morgan fingerprint density at radius 2 is 2.16 bits per heavy atom. The molecule has 1 saturated heterocycles. The Morgan fingerprint density at radius 1 is 1.42 bits per heavy atom. The lowest BCUT2D eigenvalue weighted by atomic mass is 10.2. The second-order valence-electron chi connectivity index (χ2n) is 4.45. The molecule has 1 heterocycles. The molecule has 4 nitrogen and oxygen atoms in total. The number of rotatable bonds is 4. The lowest BCUT2D eigenvalue weighted by Gasteiger charge is -2.26. The van der Waals surface area contributed by atoms with Crippen LogP contribution in [0.5, 0.6) is 0 Å². The van der Waals surface area contributed by atoms with Gasteiger partial charge in [0.15, 0.2) is 0 Å². The number of hydrogen-bond donors (Lipinski definition) is 2. The van der Waals surface area contributed by atoms with Crippen LogP contribution < -0.4 is 11.1 Å². The molecule has 1 aromatic rings. The Kier molecular flexibility index (Phi) is 5.04. The van der Waals surface area contributed by atoms with Crippen LogP contribution >= 0.6 is 11.8 Å². The zero-order valence-electron chi connectivity index (χ0n) is 10.7. The molecule has 6 heteroatoms. The molecular weight excluding hydrogens is 265 g/mol. The fraction of sp³-hybridized carbons (Fsp3) is 0.462. The van der Waals surface area contributed by atoms with Gasteiger partial charge >= 0.3 is 0 Å². The van der Waals surface area contributed by atoms with E-state index in [0.717, 1.165) is 31.1 Å². The molecule has 1 aromatic carbocycles. The van der Waals surface area contributed by atoms with E-state index in [0.29, 0.717) is 12.2 Å². The van der Waals surface area contributed by atoms with Gasteiger partial charge in [-0.25, -0.2) is 4.39 Å². The molecule has 0 spiro atoms. The minimum absolute atomic E-state index is 0.00852. The molecule has 19 heavy (non-hydrogen) atoms. The summed E-state index contributed by atoms with van der Waals surface area (Å²) < 4.78 is 13.5. The highest BCUT2D eigenvalue weighted by atomic mass is 32.2. The maximum Gasteiger partial charge on any atom is 0.254 e. The Balaban J connectivity index is 1.82. The van der Waals surface area contributed by atoms with Crippen molar-refractivity contribution in [3.8, 4) is 0 Å². The number of nitrogens with two attached hydrogens (primary N) is 1. The highest BCUT2D eigenvalue weighted by Crippen LogP contribution is 2.12. The van der Waals surface area contributed by atoms with Gasteiger partial charge in [-0.2, -0.15) is 11.8 Å². The predicted octanol–water partition coefficient (Wildman–Crippen LogP) is 1.19. The summed E-state index contributed by atoms with van der Waals surface area (Å²) in [5.74, 6) is 1.33. The van der Waals surface area contributed by atoms with Gasteiger partial charge in [-0.1, -0.05) is 0 Å². The zero-order chi connectivity index (χ0) is 13.7. The quantitative estimate of drug-likeness (QED) is 0.815. The van der Waals surface area contributed by atoms with Crippen LogP contribution in [0.2, 0.25) is 0 Å². The number of carbonyl (C=O) groups is 1. The van der Waals surface area contributed by atoms with Crippen molar-refractivity contribution in [1.29, 1.82) is 0 Å². The van der Waals surface area contributed by atoms with Gasteiger partial charge in [0.2, 0.25) is 0 Å². The first kappa shape index (κ1) is 14.1. The van der Waals surface area contributed by atoms with Gasteiger partial charge in [-0.15, -0.1) is 0 Å². The molecule has 0 saturated carbocycles. The zero-order valence-corrected chi connectivity index (χ0v) is 11.5. The van der Waals surface area contributed by atoms with Crippen molar-refractivity contribution >= 4 is 23.4 Å². The van der Waals surface area contributed by atoms with Crippen molar-refractivity contribution in [2.75, 3.05) is 43.4 Å². The van der Waals surface area contributed by atoms with E-state index in [2.05, 4.69) is 10.2 Å². The second kappa shape index (κ2) is 6.77. The molecule has 1 fully saturated rings. The smallest absolute Gasteiger partial charge is 0.254 e. The summed E-state index contributed by atoms with van der Waals surface area (Å²) in [6, 6.07) is 4.02. The molecule has 104 valence electrons. The van der Waals surface area contributed by atoms with E-state index in [1.807, 2.05) is 11.8 Å². The molecule has 0 aliphatic carbocycles. The number of hydrogen-bond acceptors (Lipinski definition) is 4. The molecule has 3 N–H and O–H groups in total. The van der Waals surface area contributed by atoms with E-state index < -0.39 is 11.7 Å². The van der Waals surface area contributed by atoms with Crippen molar-refractivity contribution < 1.29 is 9.18 Å². The normalized spacial score (nSPS) is 16.3. The Bertz CT molecular complexity index is 450. The molecule has 0 unspecified atom stereocenters. The minimum atomic E-state index is -0.541. The van der Waals surface area contributed by atoms with Crippen molar-refractivity contribution in [1.82, 2.24) is 10.2 Å². The van der Waals surface area contributed by atoms with E-state index in [1.165, 1.54) is 18.2 Å². The third-order valence-electron chi connectivity index (χ3n) is 3.05. The summed E-state index contributed by atoms with van der Waals surface area (Å²) >= 11 is 1.95. The van der Waals surface area contributed by atoms with Gasteiger partial charge < -0.3 is 11.1 Å². The number of nitrogens with one attached hydrogen (secondary N) is 1. The van der Waals surface area contributed by atoms with Crippen LogP contribution in [0.3, 0.4) is 0 Å². The SMILES string of the molecule is Nc1ccc(F)c(C(=O)NCCN2CCSCC2)c1. The number of nitrogens with zero attached hydrogens (tertiary/aromatic N) is 1. The molecule has 1 amide bonds. The minimum Gasteiger partial charge on any atom is -0.399 e. The maximum absolute atomic E-state index is 13.5. The third-order valence-corrected chi connectivity index (χ3v) is 3.99. The van der Waals surface area contributed by atoms with Gasteiger partial charge in [-0.3, -0.25) is 9.69 Å². The number of anilines is 1. The monoisotopic (exact) mass is 283 g/mol. The van der Waals surface area contributed by atoms with E-state index in [9.17, 15) is 9.18 Å². The fourth-order valence-electron chi connectivity index (χ4n) is 1.96. The topological polar surface area (TPSA) is 58.4 Å². The average molecular weight is 283 g/mol. The Labute approximate surface area is 116 Å². The standard InChI is InChI=1S/C13H18FN3OS/c14-12-2-1-10(15)9-11(12)13(18)16-3-4-17-5-7-19-8-6-17/h1-2,9H,3-8,15H2,(H,16,18). The van der Waals surface area contributed by atoms with Crippen LogP contribution in [0.25, 0.3) is 0 Å². The first-order valence-corrected chi connectivity index (χ1v) is 7.45. The van der Waals surface area contributed by atoms with Gasteiger partial charge in [0, 0.05) is 43.4 Å². The van der Waals surface area contributed by atoms with Crippen molar-refractivity contribution in [3.05, 3.63) is 29.6 Å². The van der Waals surface area contributed by atoms with Crippen LogP contribution in [0.4, 0.5) is 10.1 Å². The number of carbonyl (C=O) groups excluding carboxylic acids is 1. The lowest BCUT2D eigenvalue weighted by molar-refractivity contribution is 0.0945. The Hall–Kier alpha value is -1.27. The summed E-state index contributed by atoms with van der Waals surface area (Å²) in [5, 5.41) is 2.73. The molecule has 0 aromatic heterocycles. The van der Waals surface area contributed by atoms with Gasteiger partial charge in [-0.05, 0) is 18.2 Å². The van der Waals surface area contributed by atoms with E-state index in [1.54, 1.807) is 0 Å². The molecular formula is C13H18FN3OS. The van der Waals surface area contributed by atoms with E-state index in [-0.39, 0.29) is 5.56 Å². The molecule has 1 aliphatic heterocycles. The predicted molar refractivity (Wildman–Crippen MR) is 76.9 cm³/mol. The first-order chi connectivity index (χ1) is 9.16.